The van der Waals surface area contributed by atoms with Crippen LogP contribution in [0.4, 0.5) is 0 Å². The van der Waals surface area contributed by atoms with Crippen LogP contribution in [0.5, 0.6) is 0 Å². The van der Waals surface area contributed by atoms with Crippen molar-refractivity contribution in [3.05, 3.63) is 122 Å². The molecule has 0 saturated heterocycles. The first kappa shape index (κ1) is 51.8. The van der Waals surface area contributed by atoms with Crippen LogP contribution in [0.2, 0.25) is 0 Å². The van der Waals surface area contributed by atoms with Crippen molar-refractivity contribution in [3.8, 4) is 0 Å². The third kappa shape index (κ3) is 45.1. The monoisotopic (exact) mass is 759 g/mol. The van der Waals surface area contributed by atoms with Crippen LogP contribution >= 0.6 is 0 Å². The first-order chi connectivity index (χ1) is 27.2. The number of hydrogen-bond acceptors (Lipinski definition) is 4. The summed E-state index contributed by atoms with van der Waals surface area (Å²) in [5, 5.41) is 9.62. The van der Waals surface area contributed by atoms with Crippen LogP contribution in [0.15, 0.2) is 122 Å². The molecule has 0 aliphatic heterocycles. The van der Waals surface area contributed by atoms with Gasteiger partial charge in [0.05, 0.1) is 13.2 Å². The average Bonchev–Trinajstić information content (AvgIpc) is 3.19. The highest BCUT2D eigenvalue weighted by Crippen LogP contribution is 2.11. The molecule has 0 aliphatic rings. The highest BCUT2D eigenvalue weighted by Gasteiger charge is 2.13. The minimum Gasteiger partial charge on any atom is -0.457 e. The van der Waals surface area contributed by atoms with E-state index in [2.05, 4.69) is 135 Å². The van der Waals surface area contributed by atoms with Crippen molar-refractivity contribution < 1.29 is 19.4 Å². The van der Waals surface area contributed by atoms with Gasteiger partial charge in [-0.15, -0.1) is 0 Å². The van der Waals surface area contributed by atoms with E-state index >= 15 is 0 Å². The van der Waals surface area contributed by atoms with Crippen molar-refractivity contribution in [2.75, 3.05) is 19.8 Å². The Hall–Kier alpha value is -3.21. The van der Waals surface area contributed by atoms with Gasteiger partial charge in [-0.1, -0.05) is 180 Å². The second-order valence-electron chi connectivity index (χ2n) is 14.0. The molecule has 0 rings (SSSR count). The minimum atomic E-state index is -0.564. The number of aliphatic hydroxyl groups excluding tert-OH is 1. The van der Waals surface area contributed by atoms with E-state index in [1.54, 1.807) is 0 Å². The van der Waals surface area contributed by atoms with Gasteiger partial charge < -0.3 is 14.6 Å². The maximum Gasteiger partial charge on any atom is 0.306 e. The van der Waals surface area contributed by atoms with Gasteiger partial charge in [-0.25, -0.2) is 0 Å². The standard InChI is InChI=1S/C51H82O4/c1-3-5-7-9-11-13-15-17-19-21-23-25-26-27-28-30-32-34-36-38-40-42-44-46-51(53)55-50(48-52)49-54-47-45-43-41-39-37-35-33-31-29-24-22-20-18-16-14-12-10-8-6-4-2/h5-8,11-14,17-20,23-25,27-29,32,34,50,52H,3-4,9-10,15-16,21-22,26,30-31,33,35-49H2,1-2H3/b7-5-,8-6-,13-11-,14-12-,19-17-,20-18-,25-23-,28-27-,29-24-,34-32-. The van der Waals surface area contributed by atoms with E-state index in [-0.39, 0.29) is 19.2 Å². The molecule has 0 heterocycles. The third-order valence-corrected chi connectivity index (χ3v) is 8.78. The summed E-state index contributed by atoms with van der Waals surface area (Å²) in [7, 11) is 0. The Morgan fingerprint density at radius 2 is 0.764 bits per heavy atom. The van der Waals surface area contributed by atoms with Crippen LogP contribution in [-0.4, -0.2) is 37.0 Å². The number of carbonyl (C=O) groups is 1. The number of unbranched alkanes of at least 4 members (excludes halogenated alkanes) is 11. The molecule has 55 heavy (non-hydrogen) atoms. The van der Waals surface area contributed by atoms with Gasteiger partial charge in [0.2, 0.25) is 0 Å². The molecule has 0 bridgehead atoms. The van der Waals surface area contributed by atoms with Gasteiger partial charge in [0.25, 0.3) is 0 Å². The maximum atomic E-state index is 12.2. The first-order valence-electron chi connectivity index (χ1n) is 22.1. The van der Waals surface area contributed by atoms with Gasteiger partial charge in [-0.3, -0.25) is 4.79 Å². The molecule has 0 saturated carbocycles. The normalized spacial score (nSPS) is 13.6. The quantitative estimate of drug-likeness (QED) is 0.0385. The number of aliphatic hydroxyl groups is 1. The molecule has 0 aromatic carbocycles. The molecule has 0 aromatic heterocycles. The smallest absolute Gasteiger partial charge is 0.306 e. The van der Waals surface area contributed by atoms with Crippen molar-refractivity contribution in [2.45, 2.75) is 174 Å². The molecule has 0 radical (unpaired) electrons. The topological polar surface area (TPSA) is 55.8 Å². The predicted molar refractivity (Wildman–Crippen MR) is 241 cm³/mol. The van der Waals surface area contributed by atoms with E-state index < -0.39 is 6.10 Å². The third-order valence-electron chi connectivity index (χ3n) is 8.78. The summed E-state index contributed by atoms with van der Waals surface area (Å²) in [6.07, 6.45) is 69.7. The van der Waals surface area contributed by atoms with Crippen molar-refractivity contribution in [1.82, 2.24) is 0 Å². The number of allylic oxidation sites excluding steroid dienone is 20. The molecule has 4 nitrogen and oxygen atoms in total. The Morgan fingerprint density at radius 1 is 0.436 bits per heavy atom. The molecular weight excluding hydrogens is 677 g/mol. The lowest BCUT2D eigenvalue weighted by Crippen LogP contribution is -2.27. The summed E-state index contributed by atoms with van der Waals surface area (Å²) in [6, 6.07) is 0. The summed E-state index contributed by atoms with van der Waals surface area (Å²) in [5.41, 5.74) is 0. The molecule has 0 aromatic rings. The zero-order valence-electron chi connectivity index (χ0n) is 35.4. The zero-order valence-corrected chi connectivity index (χ0v) is 35.4. The summed E-state index contributed by atoms with van der Waals surface area (Å²) in [6.45, 7) is 5.05. The maximum absolute atomic E-state index is 12.2. The molecular formula is C51H82O4. The van der Waals surface area contributed by atoms with E-state index in [4.69, 9.17) is 9.47 Å². The molecule has 0 fully saturated rings. The Morgan fingerprint density at radius 3 is 1.15 bits per heavy atom. The van der Waals surface area contributed by atoms with Crippen molar-refractivity contribution in [2.24, 2.45) is 0 Å². The number of rotatable bonds is 39. The van der Waals surface area contributed by atoms with E-state index in [0.717, 1.165) is 109 Å². The van der Waals surface area contributed by atoms with Crippen LogP contribution in [0, 0.1) is 0 Å². The molecule has 0 spiro atoms. The summed E-state index contributed by atoms with van der Waals surface area (Å²) in [5.74, 6) is -0.235. The molecule has 0 aliphatic carbocycles. The fourth-order valence-electron chi connectivity index (χ4n) is 5.56. The summed E-state index contributed by atoms with van der Waals surface area (Å²) < 4.78 is 11.1. The zero-order chi connectivity index (χ0) is 39.8. The van der Waals surface area contributed by atoms with Crippen molar-refractivity contribution in [3.63, 3.8) is 0 Å². The van der Waals surface area contributed by atoms with Crippen LogP contribution in [0.1, 0.15) is 168 Å². The Labute approximate surface area is 339 Å². The number of ether oxygens (including phenoxy) is 2. The highest BCUT2D eigenvalue weighted by atomic mass is 16.6. The second kappa shape index (κ2) is 46.9. The van der Waals surface area contributed by atoms with E-state index in [0.29, 0.717) is 13.0 Å². The largest absolute Gasteiger partial charge is 0.457 e. The van der Waals surface area contributed by atoms with Gasteiger partial charge in [-0.2, -0.15) is 0 Å². The lowest BCUT2D eigenvalue weighted by molar-refractivity contribution is -0.154. The van der Waals surface area contributed by atoms with Crippen LogP contribution in [-0.2, 0) is 14.3 Å². The van der Waals surface area contributed by atoms with E-state index in [1.165, 1.54) is 38.5 Å². The molecule has 310 valence electrons. The molecule has 4 heteroatoms. The Bertz CT molecular complexity index is 1110. The lowest BCUT2D eigenvalue weighted by Gasteiger charge is -2.15. The molecule has 1 atom stereocenters. The van der Waals surface area contributed by atoms with Gasteiger partial charge in [-0.05, 0) is 103 Å². The minimum absolute atomic E-state index is 0.196. The highest BCUT2D eigenvalue weighted by molar-refractivity contribution is 5.69. The van der Waals surface area contributed by atoms with Gasteiger partial charge >= 0.3 is 5.97 Å². The first-order valence-corrected chi connectivity index (χ1v) is 22.1. The summed E-state index contributed by atoms with van der Waals surface area (Å²) >= 11 is 0. The number of hydrogen-bond donors (Lipinski definition) is 1. The molecule has 0 amide bonds. The average molecular weight is 759 g/mol. The fraction of sp³-hybridized carbons (Fsp3) is 0.588. The van der Waals surface area contributed by atoms with Gasteiger partial charge in [0.15, 0.2) is 0 Å². The van der Waals surface area contributed by atoms with Crippen molar-refractivity contribution in [1.29, 1.82) is 0 Å². The van der Waals surface area contributed by atoms with Crippen molar-refractivity contribution >= 4 is 5.97 Å². The van der Waals surface area contributed by atoms with Crippen LogP contribution in [0.3, 0.4) is 0 Å². The number of carbonyl (C=O) groups excluding carboxylic acids is 1. The Kier molecular flexibility index (Phi) is 44.2. The Balaban J connectivity index is 3.58. The predicted octanol–water partition coefficient (Wildman–Crippen LogP) is 14.9. The second-order valence-corrected chi connectivity index (χ2v) is 14.0. The van der Waals surface area contributed by atoms with E-state index in [1.807, 2.05) is 0 Å². The lowest BCUT2D eigenvalue weighted by atomic mass is 10.1. The van der Waals surface area contributed by atoms with Crippen LogP contribution in [0.25, 0.3) is 0 Å². The van der Waals surface area contributed by atoms with E-state index in [9.17, 15) is 9.90 Å². The van der Waals surface area contributed by atoms with Gasteiger partial charge in [0, 0.05) is 13.0 Å². The summed E-state index contributed by atoms with van der Waals surface area (Å²) in [4.78, 5) is 12.2. The van der Waals surface area contributed by atoms with Crippen LogP contribution < -0.4 is 0 Å². The molecule has 1 N–H and O–H groups in total. The van der Waals surface area contributed by atoms with Gasteiger partial charge in [0.1, 0.15) is 6.10 Å². The SMILES string of the molecule is CC/C=C\C/C=C\C/C=C\C/C=C\C/C=C\C/C=C\CCCCCCC(=O)OC(CO)COCCCCCCCCC/C=C\C/C=C\C/C=C\C/C=C\CC. The fourth-order valence-corrected chi connectivity index (χ4v) is 5.56. The number of esters is 1. The molecule has 1 unspecified atom stereocenters.